The zero-order valence-electron chi connectivity index (χ0n) is 13.9. The highest BCUT2D eigenvalue weighted by Gasteiger charge is 2.49. The molecule has 1 amide bonds. The highest BCUT2D eigenvalue weighted by atomic mass is 16.6. The molecule has 24 heavy (non-hydrogen) atoms. The van der Waals surface area contributed by atoms with Crippen molar-refractivity contribution < 1.29 is 14.5 Å². The van der Waals surface area contributed by atoms with Gasteiger partial charge in [-0.25, -0.2) is 9.78 Å². The molecule has 2 bridgehead atoms. The Kier molecular flexibility index (Phi) is 3.73. The van der Waals surface area contributed by atoms with Gasteiger partial charge in [-0.15, -0.1) is 0 Å². The van der Waals surface area contributed by atoms with Crippen molar-refractivity contribution in [3.63, 3.8) is 0 Å². The van der Waals surface area contributed by atoms with Crippen LogP contribution in [0.1, 0.15) is 27.2 Å². The smallest absolute Gasteiger partial charge is 0.410 e. The number of aromatic nitrogens is 1. The minimum atomic E-state index is -0.552. The van der Waals surface area contributed by atoms with Gasteiger partial charge in [0.1, 0.15) is 11.4 Å². The van der Waals surface area contributed by atoms with Crippen molar-refractivity contribution in [3.05, 3.63) is 22.2 Å². The summed E-state index contributed by atoms with van der Waals surface area (Å²) in [6.07, 6.45) is 0.637. The fourth-order valence-electron chi connectivity index (χ4n) is 3.20. The Labute approximate surface area is 139 Å². The summed E-state index contributed by atoms with van der Waals surface area (Å²) < 4.78 is 5.44. The lowest BCUT2D eigenvalue weighted by Gasteiger charge is -2.56. The first-order chi connectivity index (χ1) is 11.2. The molecule has 0 aliphatic carbocycles. The van der Waals surface area contributed by atoms with Gasteiger partial charge in [-0.2, -0.15) is 0 Å². The van der Waals surface area contributed by atoms with Crippen LogP contribution in [0.2, 0.25) is 0 Å². The van der Waals surface area contributed by atoms with Crippen LogP contribution in [-0.4, -0.2) is 51.7 Å². The van der Waals surface area contributed by atoms with Gasteiger partial charge >= 0.3 is 11.8 Å². The number of carbonyl (C=O) groups excluding carboxylic acids is 1. The zero-order valence-corrected chi connectivity index (χ0v) is 13.9. The fourth-order valence-corrected chi connectivity index (χ4v) is 3.20. The molecule has 9 heteroatoms. The predicted molar refractivity (Wildman–Crippen MR) is 87.8 cm³/mol. The van der Waals surface area contributed by atoms with E-state index < -0.39 is 10.5 Å². The van der Waals surface area contributed by atoms with Crippen molar-refractivity contribution >= 4 is 23.4 Å². The standard InChI is InChI=1S/C15H21N5O4/c1-15(2,3)24-14(21)19-9-6-10(19)8-18(7-9)12-5-4-11(20(22)23)13(16)17-12/h4-5,9-10H,6-8H2,1-3H3,(H2,16,17). The summed E-state index contributed by atoms with van der Waals surface area (Å²) >= 11 is 0. The first-order valence-electron chi connectivity index (χ1n) is 7.83. The lowest BCUT2D eigenvalue weighted by atomic mass is 9.88. The molecule has 3 saturated heterocycles. The number of nitro groups is 1. The van der Waals surface area contributed by atoms with Crippen molar-refractivity contribution in [3.8, 4) is 0 Å². The second-order valence-corrected chi connectivity index (χ2v) is 7.17. The average molecular weight is 335 g/mol. The van der Waals surface area contributed by atoms with Crippen LogP contribution in [0.4, 0.5) is 22.1 Å². The first-order valence-corrected chi connectivity index (χ1v) is 7.83. The molecule has 0 aromatic carbocycles. The van der Waals surface area contributed by atoms with Crippen LogP contribution in [0, 0.1) is 10.1 Å². The summed E-state index contributed by atoms with van der Waals surface area (Å²) in [5.74, 6) is 0.498. The first kappa shape index (κ1) is 16.3. The third-order valence-electron chi connectivity index (χ3n) is 4.21. The third kappa shape index (κ3) is 2.93. The predicted octanol–water partition coefficient (Wildman–Crippen LogP) is 1.77. The van der Waals surface area contributed by atoms with Crippen LogP contribution in [0.5, 0.6) is 0 Å². The molecule has 3 aliphatic heterocycles. The Bertz CT molecular complexity index is 675. The lowest BCUT2D eigenvalue weighted by molar-refractivity contribution is -0.384. The van der Waals surface area contributed by atoms with E-state index in [4.69, 9.17) is 10.5 Å². The third-order valence-corrected chi connectivity index (χ3v) is 4.21. The second kappa shape index (κ2) is 5.50. The monoisotopic (exact) mass is 335 g/mol. The molecular weight excluding hydrogens is 314 g/mol. The van der Waals surface area contributed by atoms with Gasteiger partial charge in [0.15, 0.2) is 0 Å². The quantitative estimate of drug-likeness (QED) is 0.647. The highest BCUT2D eigenvalue weighted by molar-refractivity contribution is 5.71. The van der Waals surface area contributed by atoms with Crippen LogP contribution >= 0.6 is 0 Å². The Morgan fingerprint density at radius 1 is 1.38 bits per heavy atom. The van der Waals surface area contributed by atoms with Gasteiger partial charge in [0, 0.05) is 19.2 Å². The summed E-state index contributed by atoms with van der Waals surface area (Å²) in [4.78, 5) is 30.4. The molecule has 3 fully saturated rings. The van der Waals surface area contributed by atoms with E-state index in [9.17, 15) is 14.9 Å². The summed E-state index contributed by atoms with van der Waals surface area (Å²) in [6, 6.07) is 3.09. The van der Waals surface area contributed by atoms with Gasteiger partial charge < -0.3 is 15.4 Å². The van der Waals surface area contributed by atoms with E-state index in [-0.39, 0.29) is 29.7 Å². The number of pyridine rings is 1. The number of hydrogen-bond donors (Lipinski definition) is 1. The number of ether oxygens (including phenoxy) is 1. The summed E-state index contributed by atoms with van der Waals surface area (Å²) in [6.45, 7) is 6.75. The van der Waals surface area contributed by atoms with Gasteiger partial charge in [0.25, 0.3) is 0 Å². The number of carbonyl (C=O) groups is 1. The molecule has 0 radical (unpaired) electrons. The van der Waals surface area contributed by atoms with E-state index in [1.54, 1.807) is 11.0 Å². The number of amides is 1. The van der Waals surface area contributed by atoms with E-state index in [0.717, 1.165) is 6.42 Å². The maximum absolute atomic E-state index is 12.2. The number of nitrogen functional groups attached to an aromatic ring is 1. The van der Waals surface area contributed by atoms with Crippen molar-refractivity contribution in [1.82, 2.24) is 9.88 Å². The Morgan fingerprint density at radius 3 is 2.50 bits per heavy atom. The molecular formula is C15H21N5O4. The number of fused-ring (bicyclic) bond motifs is 2. The molecule has 0 saturated carbocycles. The molecule has 2 N–H and O–H groups in total. The summed E-state index contributed by atoms with van der Waals surface area (Å²) in [7, 11) is 0. The van der Waals surface area contributed by atoms with Crippen LogP contribution in [0.3, 0.4) is 0 Å². The van der Waals surface area contributed by atoms with Crippen molar-refractivity contribution in [2.45, 2.75) is 44.9 Å². The molecule has 1 aromatic heterocycles. The van der Waals surface area contributed by atoms with Crippen LogP contribution in [-0.2, 0) is 4.74 Å². The molecule has 1 aromatic rings. The van der Waals surface area contributed by atoms with Crippen molar-refractivity contribution in [2.75, 3.05) is 23.7 Å². The second-order valence-electron chi connectivity index (χ2n) is 7.17. The van der Waals surface area contributed by atoms with Crippen molar-refractivity contribution in [1.29, 1.82) is 0 Å². The summed E-state index contributed by atoms with van der Waals surface area (Å²) in [5, 5.41) is 10.8. The largest absolute Gasteiger partial charge is 0.444 e. The van der Waals surface area contributed by atoms with Gasteiger partial charge in [-0.3, -0.25) is 15.0 Å². The molecule has 9 nitrogen and oxygen atoms in total. The molecule has 4 heterocycles. The maximum atomic E-state index is 12.2. The van der Waals surface area contributed by atoms with E-state index in [1.165, 1.54) is 6.07 Å². The van der Waals surface area contributed by atoms with Crippen LogP contribution < -0.4 is 10.6 Å². The Hall–Kier alpha value is -2.58. The molecule has 130 valence electrons. The van der Waals surface area contributed by atoms with Gasteiger partial charge in [-0.05, 0) is 33.3 Å². The number of anilines is 2. The fraction of sp³-hybridized carbons (Fsp3) is 0.600. The number of piperidine rings is 1. The van der Waals surface area contributed by atoms with E-state index in [2.05, 4.69) is 4.98 Å². The van der Waals surface area contributed by atoms with E-state index in [0.29, 0.717) is 18.9 Å². The maximum Gasteiger partial charge on any atom is 0.410 e. The van der Waals surface area contributed by atoms with Gasteiger partial charge in [0.05, 0.1) is 17.0 Å². The van der Waals surface area contributed by atoms with Crippen LogP contribution in [0.15, 0.2) is 12.1 Å². The minimum Gasteiger partial charge on any atom is -0.444 e. The number of nitrogens with two attached hydrogens (primary N) is 1. The number of piperazine rings is 1. The minimum absolute atomic E-state index is 0.0665. The van der Waals surface area contributed by atoms with Crippen LogP contribution in [0.25, 0.3) is 0 Å². The van der Waals surface area contributed by atoms with E-state index in [1.807, 2.05) is 25.7 Å². The van der Waals surface area contributed by atoms with Gasteiger partial charge in [-0.1, -0.05) is 0 Å². The lowest BCUT2D eigenvalue weighted by Crippen LogP contribution is -2.70. The average Bonchev–Trinajstić information content (AvgIpc) is 2.44. The summed E-state index contributed by atoms with van der Waals surface area (Å²) in [5.41, 5.74) is 4.94. The number of nitrogens with zero attached hydrogens (tertiary/aromatic N) is 4. The highest BCUT2D eigenvalue weighted by Crippen LogP contribution is 2.36. The topological polar surface area (TPSA) is 115 Å². The molecule has 3 aliphatic rings. The molecule has 2 unspecified atom stereocenters. The number of hydrogen-bond acceptors (Lipinski definition) is 7. The molecule has 2 atom stereocenters. The molecule has 4 rings (SSSR count). The SMILES string of the molecule is CC(C)(C)OC(=O)N1C2CC1CN(c1ccc([N+](=O)[O-])c(N)n1)C2. The molecule has 0 spiro atoms. The van der Waals surface area contributed by atoms with Gasteiger partial charge in [0.2, 0.25) is 5.82 Å². The van der Waals surface area contributed by atoms with E-state index >= 15 is 0 Å². The Morgan fingerprint density at radius 2 is 2.00 bits per heavy atom. The number of rotatable bonds is 2. The normalized spacial score (nSPS) is 22.8. The zero-order chi connectivity index (χ0) is 17.6. The van der Waals surface area contributed by atoms with Crippen molar-refractivity contribution in [2.24, 2.45) is 0 Å². The Balaban J connectivity index is 1.68.